The lowest BCUT2D eigenvalue weighted by atomic mass is 10.1. The highest BCUT2D eigenvalue weighted by molar-refractivity contribution is 8.38. The minimum absolute atomic E-state index is 0.105. The van der Waals surface area contributed by atoms with Crippen molar-refractivity contribution in [1.29, 1.82) is 10.8 Å². The van der Waals surface area contributed by atoms with Gasteiger partial charge < -0.3 is 11.1 Å². The van der Waals surface area contributed by atoms with Crippen molar-refractivity contribution >= 4 is 27.1 Å². The van der Waals surface area contributed by atoms with Crippen LogP contribution in [0.1, 0.15) is 19.3 Å². The van der Waals surface area contributed by atoms with Crippen LogP contribution in [0.25, 0.3) is 0 Å². The van der Waals surface area contributed by atoms with E-state index in [1.165, 1.54) is 12.1 Å². The fourth-order valence-electron chi connectivity index (χ4n) is 1.55. The Labute approximate surface area is 119 Å². The van der Waals surface area contributed by atoms with Gasteiger partial charge in [0, 0.05) is 0 Å². The van der Waals surface area contributed by atoms with E-state index in [9.17, 15) is 13.9 Å². The van der Waals surface area contributed by atoms with Crippen molar-refractivity contribution in [2.75, 3.05) is 6.54 Å². The van der Waals surface area contributed by atoms with E-state index >= 15 is 0 Å². The smallest absolute Gasteiger partial charge is 0.240 e. The fourth-order valence-corrected chi connectivity index (χ4v) is 2.71. The SMILES string of the molecule is N=C(CCCCN)C(=O)C(=N)S(O)(O)c1ccccc1. The zero-order valence-electron chi connectivity index (χ0n) is 11.0. The first-order valence-corrected chi connectivity index (χ1v) is 7.70. The van der Waals surface area contributed by atoms with Crippen LogP contribution in [0.5, 0.6) is 0 Å². The number of Topliss-reactive ketones (excluding diaryl/α,β-unsaturated/α-hetero) is 1. The molecule has 0 atom stereocenters. The molecule has 20 heavy (non-hydrogen) atoms. The summed E-state index contributed by atoms with van der Waals surface area (Å²) >= 11 is 0. The second kappa shape index (κ2) is 7.30. The molecule has 0 unspecified atom stereocenters. The summed E-state index contributed by atoms with van der Waals surface area (Å²) in [5.74, 6) is -0.925. The number of benzene rings is 1. The monoisotopic (exact) mass is 297 g/mol. The molecular formula is C13H19N3O3S. The average Bonchev–Trinajstić information content (AvgIpc) is 2.46. The minimum Gasteiger partial charge on any atom is -0.330 e. The Kier molecular flexibility index (Phi) is 6.03. The molecule has 0 saturated heterocycles. The number of nitrogens with one attached hydrogen (secondary N) is 2. The largest absolute Gasteiger partial charge is 0.330 e. The topological polar surface area (TPSA) is 131 Å². The van der Waals surface area contributed by atoms with Gasteiger partial charge in [-0.1, -0.05) is 18.2 Å². The molecule has 6 N–H and O–H groups in total. The molecule has 0 aliphatic heterocycles. The van der Waals surface area contributed by atoms with E-state index in [2.05, 4.69) is 0 Å². The van der Waals surface area contributed by atoms with Crippen LogP contribution in [0, 0.1) is 10.8 Å². The first-order valence-electron chi connectivity index (χ1n) is 6.15. The van der Waals surface area contributed by atoms with Crippen LogP contribution in [0.3, 0.4) is 0 Å². The van der Waals surface area contributed by atoms with Crippen molar-refractivity contribution in [3.8, 4) is 0 Å². The van der Waals surface area contributed by atoms with E-state index < -0.39 is 21.4 Å². The Morgan fingerprint density at radius 1 is 1.15 bits per heavy atom. The van der Waals surface area contributed by atoms with Crippen LogP contribution in [-0.4, -0.2) is 32.2 Å². The number of carbonyl (C=O) groups excluding carboxylic acids is 1. The van der Waals surface area contributed by atoms with Gasteiger partial charge in [0.1, 0.15) is 0 Å². The first-order chi connectivity index (χ1) is 9.41. The summed E-state index contributed by atoms with van der Waals surface area (Å²) < 4.78 is 20.0. The van der Waals surface area contributed by atoms with E-state index in [1.807, 2.05) is 0 Å². The van der Waals surface area contributed by atoms with E-state index in [1.54, 1.807) is 18.2 Å². The predicted molar refractivity (Wildman–Crippen MR) is 80.9 cm³/mol. The third-order valence-electron chi connectivity index (χ3n) is 2.72. The van der Waals surface area contributed by atoms with Gasteiger partial charge in [-0.3, -0.25) is 19.3 Å². The predicted octanol–water partition coefficient (Wildman–Crippen LogP) is 2.49. The van der Waals surface area contributed by atoms with Gasteiger partial charge in [-0.25, -0.2) is 0 Å². The number of hydrogen-bond acceptors (Lipinski definition) is 6. The Hall–Kier alpha value is -1.54. The van der Waals surface area contributed by atoms with Gasteiger partial charge in [0.15, 0.2) is 5.04 Å². The zero-order chi connectivity index (χ0) is 15.2. The lowest BCUT2D eigenvalue weighted by molar-refractivity contribution is -0.107. The number of unbranched alkanes of at least 4 members (excludes halogenated alkanes) is 1. The van der Waals surface area contributed by atoms with Crippen molar-refractivity contribution in [2.45, 2.75) is 24.2 Å². The Morgan fingerprint density at radius 2 is 1.75 bits per heavy atom. The van der Waals surface area contributed by atoms with Gasteiger partial charge in [-0.2, -0.15) is 0 Å². The summed E-state index contributed by atoms with van der Waals surface area (Å²) in [6.07, 6.45) is 1.43. The molecule has 0 bridgehead atoms. The molecule has 0 saturated carbocycles. The van der Waals surface area contributed by atoms with E-state index in [0.717, 1.165) is 0 Å². The highest BCUT2D eigenvalue weighted by Crippen LogP contribution is 2.48. The summed E-state index contributed by atoms with van der Waals surface area (Å²) in [5.41, 5.74) is 5.03. The summed E-state index contributed by atoms with van der Waals surface area (Å²) in [5, 5.41) is 14.4. The molecule has 0 heterocycles. The molecule has 0 aliphatic rings. The van der Waals surface area contributed by atoms with Crippen LogP contribution < -0.4 is 5.73 Å². The van der Waals surface area contributed by atoms with Gasteiger partial charge in [0.05, 0.1) is 10.6 Å². The van der Waals surface area contributed by atoms with E-state index in [-0.39, 0.29) is 17.0 Å². The maximum Gasteiger partial charge on any atom is 0.240 e. The molecule has 6 nitrogen and oxygen atoms in total. The molecule has 0 aromatic heterocycles. The number of nitrogens with two attached hydrogens (primary N) is 1. The van der Waals surface area contributed by atoms with E-state index in [4.69, 9.17) is 16.6 Å². The second-order valence-corrected chi connectivity index (χ2v) is 6.22. The van der Waals surface area contributed by atoms with Gasteiger partial charge in [-0.15, -0.1) is 10.6 Å². The zero-order valence-corrected chi connectivity index (χ0v) is 11.8. The molecule has 1 aromatic carbocycles. The second-order valence-electron chi connectivity index (χ2n) is 4.24. The molecule has 7 heteroatoms. The molecule has 110 valence electrons. The van der Waals surface area contributed by atoms with Gasteiger partial charge in [0.25, 0.3) is 0 Å². The van der Waals surface area contributed by atoms with Crippen LogP contribution in [0.2, 0.25) is 0 Å². The highest BCUT2D eigenvalue weighted by Gasteiger charge is 2.29. The first kappa shape index (κ1) is 16.5. The maximum atomic E-state index is 11.9. The summed E-state index contributed by atoms with van der Waals surface area (Å²) in [6.45, 7) is 0.470. The summed E-state index contributed by atoms with van der Waals surface area (Å²) in [7, 11) is -3.65. The summed E-state index contributed by atoms with van der Waals surface area (Å²) in [4.78, 5) is 12.0. The third kappa shape index (κ3) is 3.97. The number of rotatable bonds is 7. The van der Waals surface area contributed by atoms with E-state index in [0.29, 0.717) is 19.4 Å². The number of carbonyl (C=O) groups is 1. The Morgan fingerprint density at radius 3 is 2.30 bits per heavy atom. The normalized spacial score (nSPS) is 11.9. The third-order valence-corrected chi connectivity index (χ3v) is 4.40. The maximum absolute atomic E-state index is 11.9. The minimum atomic E-state index is -3.65. The molecule has 0 amide bonds. The Bertz CT molecular complexity index is 503. The van der Waals surface area contributed by atoms with Crippen molar-refractivity contribution in [3.05, 3.63) is 30.3 Å². The molecular weight excluding hydrogens is 278 g/mol. The molecule has 0 aliphatic carbocycles. The molecule has 0 radical (unpaired) electrons. The quantitative estimate of drug-likeness (QED) is 0.300. The lowest BCUT2D eigenvalue weighted by Crippen LogP contribution is -2.27. The van der Waals surface area contributed by atoms with Gasteiger partial charge >= 0.3 is 0 Å². The van der Waals surface area contributed by atoms with Crippen LogP contribution >= 0.6 is 10.6 Å². The standard InChI is InChI=1S/C13H19N3O3S/c14-9-5-4-8-11(15)12(17)13(16)20(18,19)10-6-2-1-3-7-10/h1-3,6-7,15-16,18-19H,4-5,8-9,14H2. The average molecular weight is 297 g/mol. The van der Waals surface area contributed by atoms with Crippen molar-refractivity contribution in [2.24, 2.45) is 5.73 Å². The van der Waals surface area contributed by atoms with Gasteiger partial charge in [-0.05, 0) is 37.9 Å². The Balaban J connectivity index is 2.78. The van der Waals surface area contributed by atoms with Crippen LogP contribution in [0.15, 0.2) is 35.2 Å². The highest BCUT2D eigenvalue weighted by atomic mass is 32.3. The number of ketones is 1. The fraction of sp³-hybridized carbons (Fsp3) is 0.308. The number of hydrogen-bond donors (Lipinski definition) is 5. The summed E-state index contributed by atoms with van der Waals surface area (Å²) in [6, 6.07) is 7.76. The lowest BCUT2D eigenvalue weighted by Gasteiger charge is -2.31. The van der Waals surface area contributed by atoms with Crippen LogP contribution in [-0.2, 0) is 4.79 Å². The molecule has 0 spiro atoms. The molecule has 0 fully saturated rings. The van der Waals surface area contributed by atoms with Crippen molar-refractivity contribution in [1.82, 2.24) is 0 Å². The molecule has 1 rings (SSSR count). The molecule has 1 aromatic rings. The van der Waals surface area contributed by atoms with Gasteiger partial charge in [0.2, 0.25) is 5.78 Å². The van der Waals surface area contributed by atoms with Crippen LogP contribution in [0.4, 0.5) is 0 Å². The van der Waals surface area contributed by atoms with Crippen molar-refractivity contribution < 1.29 is 13.9 Å². The van der Waals surface area contributed by atoms with Crippen molar-refractivity contribution in [3.63, 3.8) is 0 Å².